The van der Waals surface area contributed by atoms with Gasteiger partial charge in [0.2, 0.25) is 0 Å². The molecular weight excluding hydrogens is 308 g/mol. The number of hydrogen-bond donors (Lipinski definition) is 1. The van der Waals surface area contributed by atoms with Crippen LogP contribution >= 0.6 is 27.3 Å². The topological polar surface area (TPSA) is 24.9 Å². The van der Waals surface area contributed by atoms with Gasteiger partial charge in [0.1, 0.15) is 5.01 Å². The molecule has 0 aliphatic carbocycles. The molecular formula is C14H15BrN2S. The van der Waals surface area contributed by atoms with Gasteiger partial charge in [0.15, 0.2) is 0 Å². The van der Waals surface area contributed by atoms with Crippen molar-refractivity contribution in [2.45, 2.75) is 25.8 Å². The molecule has 0 saturated carbocycles. The van der Waals surface area contributed by atoms with E-state index in [0.717, 1.165) is 16.0 Å². The zero-order valence-corrected chi connectivity index (χ0v) is 12.6. The Balaban J connectivity index is 1.94. The summed E-state index contributed by atoms with van der Waals surface area (Å²) in [7, 11) is 0. The number of nitrogens with zero attached hydrogens (tertiary/aromatic N) is 1. The van der Waals surface area contributed by atoms with Crippen LogP contribution in [-0.4, -0.2) is 11.5 Å². The molecule has 4 heteroatoms. The summed E-state index contributed by atoms with van der Waals surface area (Å²) in [6.45, 7) is 3.25. The van der Waals surface area contributed by atoms with Gasteiger partial charge in [-0.3, -0.25) is 0 Å². The monoisotopic (exact) mass is 322 g/mol. The van der Waals surface area contributed by atoms with Crippen molar-refractivity contribution in [3.05, 3.63) is 39.3 Å². The number of aryl methyl sites for hydroxylation is 1. The van der Waals surface area contributed by atoms with Gasteiger partial charge < -0.3 is 5.32 Å². The van der Waals surface area contributed by atoms with Crippen molar-refractivity contribution in [3.8, 4) is 10.6 Å². The summed E-state index contributed by atoms with van der Waals surface area (Å²) in [5.41, 5.74) is 2.38. The third-order valence-corrected chi connectivity index (χ3v) is 5.15. The van der Waals surface area contributed by atoms with Gasteiger partial charge in [0.25, 0.3) is 0 Å². The quantitative estimate of drug-likeness (QED) is 0.891. The highest BCUT2D eigenvalue weighted by Gasteiger charge is 2.21. The Morgan fingerprint density at radius 2 is 2.11 bits per heavy atom. The Kier molecular flexibility index (Phi) is 3.50. The lowest BCUT2D eigenvalue weighted by Crippen LogP contribution is -2.12. The first kappa shape index (κ1) is 12.3. The highest BCUT2D eigenvalue weighted by molar-refractivity contribution is 9.10. The van der Waals surface area contributed by atoms with Crippen LogP contribution in [0.2, 0.25) is 0 Å². The number of halogens is 1. The van der Waals surface area contributed by atoms with E-state index < -0.39 is 0 Å². The first-order chi connectivity index (χ1) is 8.74. The first-order valence-electron chi connectivity index (χ1n) is 6.20. The molecule has 1 fully saturated rings. The van der Waals surface area contributed by atoms with Gasteiger partial charge in [-0.2, -0.15) is 0 Å². The number of aromatic nitrogens is 1. The van der Waals surface area contributed by atoms with Gasteiger partial charge in [-0.15, -0.1) is 11.3 Å². The van der Waals surface area contributed by atoms with Crippen LogP contribution in [0.15, 0.2) is 28.7 Å². The molecule has 1 saturated heterocycles. The Morgan fingerprint density at radius 1 is 1.33 bits per heavy atom. The number of rotatable bonds is 2. The summed E-state index contributed by atoms with van der Waals surface area (Å²) >= 11 is 5.29. The van der Waals surface area contributed by atoms with Gasteiger partial charge in [-0.05, 0) is 38.4 Å². The van der Waals surface area contributed by atoms with Crippen molar-refractivity contribution in [3.63, 3.8) is 0 Å². The molecule has 2 aromatic rings. The zero-order valence-electron chi connectivity index (χ0n) is 10.2. The molecule has 1 N–H and O–H groups in total. The molecule has 0 amide bonds. The molecule has 1 aliphatic rings. The summed E-state index contributed by atoms with van der Waals surface area (Å²) in [6, 6.07) is 8.90. The molecule has 3 rings (SSSR count). The highest BCUT2D eigenvalue weighted by atomic mass is 79.9. The zero-order chi connectivity index (χ0) is 12.5. The molecule has 1 unspecified atom stereocenters. The molecule has 0 radical (unpaired) electrons. The molecule has 2 nitrogen and oxygen atoms in total. The van der Waals surface area contributed by atoms with Gasteiger partial charge in [-0.1, -0.05) is 28.1 Å². The van der Waals surface area contributed by atoms with Crippen LogP contribution in [0, 0.1) is 6.92 Å². The van der Waals surface area contributed by atoms with Gasteiger partial charge in [0, 0.05) is 21.0 Å². The van der Waals surface area contributed by atoms with E-state index in [1.165, 1.54) is 29.0 Å². The number of benzene rings is 1. The van der Waals surface area contributed by atoms with Crippen molar-refractivity contribution < 1.29 is 0 Å². The standard InChI is InChI=1S/C14H15BrN2S/c1-9-13(12-3-2-8-16-12)18-14(17-9)10-4-6-11(15)7-5-10/h4-7,12,16H,2-3,8H2,1H3. The van der Waals surface area contributed by atoms with E-state index in [9.17, 15) is 0 Å². The summed E-state index contributed by atoms with van der Waals surface area (Å²) in [6.07, 6.45) is 2.51. The lowest BCUT2D eigenvalue weighted by Gasteiger charge is -2.07. The maximum atomic E-state index is 4.72. The predicted octanol–water partition coefficient (Wildman–Crippen LogP) is 4.31. The Bertz CT molecular complexity index is 541. The molecule has 1 aromatic heterocycles. The Morgan fingerprint density at radius 3 is 2.78 bits per heavy atom. The fourth-order valence-corrected chi connectivity index (χ4v) is 3.80. The molecule has 0 spiro atoms. The van der Waals surface area contributed by atoms with Crippen LogP contribution in [0.4, 0.5) is 0 Å². The molecule has 94 valence electrons. The second-order valence-electron chi connectivity index (χ2n) is 4.62. The van der Waals surface area contributed by atoms with Crippen LogP contribution in [0.3, 0.4) is 0 Å². The molecule has 1 aliphatic heterocycles. The smallest absolute Gasteiger partial charge is 0.123 e. The lowest BCUT2D eigenvalue weighted by molar-refractivity contribution is 0.654. The fraction of sp³-hybridized carbons (Fsp3) is 0.357. The van der Waals surface area contributed by atoms with Gasteiger partial charge >= 0.3 is 0 Å². The van der Waals surface area contributed by atoms with E-state index in [0.29, 0.717) is 6.04 Å². The summed E-state index contributed by atoms with van der Waals surface area (Å²) < 4.78 is 1.11. The summed E-state index contributed by atoms with van der Waals surface area (Å²) in [5, 5.41) is 4.68. The fourth-order valence-electron chi connectivity index (χ4n) is 2.36. The van der Waals surface area contributed by atoms with Crippen molar-refractivity contribution in [1.29, 1.82) is 0 Å². The van der Waals surface area contributed by atoms with Crippen molar-refractivity contribution in [2.24, 2.45) is 0 Å². The van der Waals surface area contributed by atoms with Crippen LogP contribution in [0.1, 0.15) is 29.5 Å². The van der Waals surface area contributed by atoms with Crippen molar-refractivity contribution in [1.82, 2.24) is 10.3 Å². The lowest BCUT2D eigenvalue weighted by atomic mass is 10.2. The normalized spacial score (nSPS) is 19.3. The van der Waals surface area contributed by atoms with Crippen LogP contribution in [-0.2, 0) is 0 Å². The largest absolute Gasteiger partial charge is 0.309 e. The molecule has 18 heavy (non-hydrogen) atoms. The Labute approximate surface area is 120 Å². The van der Waals surface area contributed by atoms with Gasteiger partial charge in [-0.25, -0.2) is 4.98 Å². The van der Waals surface area contributed by atoms with Crippen LogP contribution in [0.5, 0.6) is 0 Å². The number of nitrogens with one attached hydrogen (secondary N) is 1. The average Bonchev–Trinajstić information content (AvgIpc) is 2.99. The number of hydrogen-bond acceptors (Lipinski definition) is 3. The van der Waals surface area contributed by atoms with Gasteiger partial charge in [0.05, 0.1) is 5.69 Å². The maximum Gasteiger partial charge on any atom is 0.123 e. The second kappa shape index (κ2) is 5.11. The number of thiazole rings is 1. The second-order valence-corrected chi connectivity index (χ2v) is 6.57. The van der Waals surface area contributed by atoms with Crippen LogP contribution in [0.25, 0.3) is 10.6 Å². The van der Waals surface area contributed by atoms with E-state index in [4.69, 9.17) is 4.98 Å². The van der Waals surface area contributed by atoms with E-state index >= 15 is 0 Å². The molecule has 1 atom stereocenters. The van der Waals surface area contributed by atoms with Crippen LogP contribution < -0.4 is 5.32 Å². The highest BCUT2D eigenvalue weighted by Crippen LogP contribution is 2.35. The van der Waals surface area contributed by atoms with E-state index in [-0.39, 0.29) is 0 Å². The van der Waals surface area contributed by atoms with E-state index in [1.807, 2.05) is 11.3 Å². The molecule has 2 heterocycles. The Hall–Kier alpha value is -0.710. The van der Waals surface area contributed by atoms with E-state index in [2.05, 4.69) is 52.4 Å². The SMILES string of the molecule is Cc1nc(-c2ccc(Br)cc2)sc1C1CCCN1. The maximum absolute atomic E-state index is 4.72. The summed E-state index contributed by atoms with van der Waals surface area (Å²) in [5.74, 6) is 0. The third-order valence-electron chi connectivity index (χ3n) is 3.30. The minimum absolute atomic E-state index is 0.520. The molecule has 1 aromatic carbocycles. The first-order valence-corrected chi connectivity index (χ1v) is 7.81. The van der Waals surface area contributed by atoms with Crippen molar-refractivity contribution >= 4 is 27.3 Å². The minimum Gasteiger partial charge on any atom is -0.309 e. The predicted molar refractivity (Wildman–Crippen MR) is 80.0 cm³/mol. The summed E-state index contributed by atoms with van der Waals surface area (Å²) in [4.78, 5) is 6.13. The third kappa shape index (κ3) is 2.37. The minimum atomic E-state index is 0.520. The van der Waals surface area contributed by atoms with E-state index in [1.54, 1.807) is 0 Å². The molecule has 0 bridgehead atoms. The van der Waals surface area contributed by atoms with Crippen molar-refractivity contribution in [2.75, 3.05) is 6.54 Å². The average molecular weight is 323 g/mol.